The molecule has 178 valence electrons. The lowest BCUT2D eigenvalue weighted by molar-refractivity contribution is 0.0607. The van der Waals surface area contributed by atoms with Crippen molar-refractivity contribution < 1.29 is 14.3 Å². The topological polar surface area (TPSA) is 84.4 Å². The number of carbonyl (C=O) groups is 2. The molecule has 1 atom stereocenters. The van der Waals surface area contributed by atoms with Crippen LogP contribution >= 0.6 is 11.3 Å². The first-order valence-electron chi connectivity index (χ1n) is 11.6. The Morgan fingerprint density at radius 1 is 1.11 bits per heavy atom. The number of carbonyl (C=O) groups excluding carboxylic acids is 2. The average Bonchev–Trinajstić information content (AvgIpc) is 3.27. The summed E-state index contributed by atoms with van der Waals surface area (Å²) in [5, 5.41) is 3.64. The van der Waals surface area contributed by atoms with E-state index in [0.29, 0.717) is 33.5 Å². The summed E-state index contributed by atoms with van der Waals surface area (Å²) in [5.74, 6) is -0.780. The van der Waals surface area contributed by atoms with Crippen molar-refractivity contribution in [2.45, 2.75) is 31.8 Å². The Hall–Kier alpha value is -3.62. The van der Waals surface area contributed by atoms with Crippen molar-refractivity contribution >= 4 is 39.1 Å². The fraction of sp³-hybridized carbons (Fsp3) is 0.259. The monoisotopic (exact) mass is 486 g/mol. The summed E-state index contributed by atoms with van der Waals surface area (Å²) in [4.78, 5) is 38.0. The Morgan fingerprint density at radius 2 is 1.97 bits per heavy atom. The van der Waals surface area contributed by atoms with Crippen LogP contribution in [0.2, 0.25) is 0 Å². The summed E-state index contributed by atoms with van der Waals surface area (Å²) < 4.78 is 4.99. The lowest BCUT2D eigenvalue weighted by atomic mass is 9.96. The van der Waals surface area contributed by atoms with Crippen LogP contribution in [0.25, 0.3) is 10.2 Å². The van der Waals surface area contributed by atoms with Gasteiger partial charge in [0.25, 0.3) is 5.91 Å². The number of amides is 1. The Bertz CT molecular complexity index is 1340. The van der Waals surface area contributed by atoms with Crippen LogP contribution in [0, 0.1) is 0 Å². The van der Waals surface area contributed by atoms with Crippen LogP contribution in [0.5, 0.6) is 0 Å². The number of hydrogen-bond donors (Lipinski definition) is 1. The minimum absolute atomic E-state index is 0.285. The fourth-order valence-corrected chi connectivity index (χ4v) is 5.65. The standard InChI is InChI=1S/C27H26N4O3S/c1-34-27(33)24-23(30-25(32)18-8-3-2-4-9-18)21-13-12-20(29-26(21)35-24)17-31-15-6-5-11-22(31)19-10-7-14-28-16-19/h2-4,7-10,12-14,16,22H,5-6,11,15,17H2,1H3,(H,30,32). The molecule has 0 spiro atoms. The zero-order valence-electron chi connectivity index (χ0n) is 19.4. The zero-order valence-corrected chi connectivity index (χ0v) is 20.3. The molecule has 1 saturated heterocycles. The van der Waals surface area contributed by atoms with Gasteiger partial charge >= 0.3 is 5.97 Å². The molecule has 4 aromatic rings. The number of piperidine rings is 1. The molecule has 1 fully saturated rings. The number of nitrogens with zero attached hydrogens (tertiary/aromatic N) is 3. The molecule has 8 heteroatoms. The summed E-state index contributed by atoms with van der Waals surface area (Å²) in [7, 11) is 1.34. The van der Waals surface area contributed by atoms with E-state index >= 15 is 0 Å². The molecule has 0 bridgehead atoms. The van der Waals surface area contributed by atoms with Gasteiger partial charge in [-0.3, -0.25) is 14.7 Å². The molecule has 1 unspecified atom stereocenters. The Balaban J connectivity index is 1.45. The van der Waals surface area contributed by atoms with E-state index in [0.717, 1.165) is 30.5 Å². The smallest absolute Gasteiger partial charge is 0.350 e. The highest BCUT2D eigenvalue weighted by molar-refractivity contribution is 7.21. The van der Waals surface area contributed by atoms with E-state index in [2.05, 4.69) is 21.3 Å². The predicted molar refractivity (Wildman–Crippen MR) is 137 cm³/mol. The third kappa shape index (κ3) is 4.94. The quantitative estimate of drug-likeness (QED) is 0.365. The number of pyridine rings is 2. The molecule has 0 aliphatic carbocycles. The number of rotatable bonds is 6. The Kier molecular flexibility index (Phi) is 6.83. The van der Waals surface area contributed by atoms with Gasteiger partial charge in [0.05, 0.1) is 18.5 Å². The number of methoxy groups -OCH3 is 1. The summed E-state index contributed by atoms with van der Waals surface area (Å²) in [6.07, 6.45) is 7.19. The highest BCUT2D eigenvalue weighted by Gasteiger charge is 2.26. The van der Waals surface area contributed by atoms with Gasteiger partial charge in [0.15, 0.2) is 0 Å². The van der Waals surface area contributed by atoms with Crippen LogP contribution in [0.4, 0.5) is 5.69 Å². The van der Waals surface area contributed by atoms with Gasteiger partial charge in [0, 0.05) is 35.9 Å². The lowest BCUT2D eigenvalue weighted by Gasteiger charge is -2.35. The molecule has 4 heterocycles. The number of hydrogen-bond acceptors (Lipinski definition) is 7. The van der Waals surface area contributed by atoms with Gasteiger partial charge in [-0.15, -0.1) is 11.3 Å². The fourth-order valence-electron chi connectivity index (χ4n) is 4.58. The van der Waals surface area contributed by atoms with Crippen LogP contribution < -0.4 is 5.32 Å². The lowest BCUT2D eigenvalue weighted by Crippen LogP contribution is -2.33. The minimum atomic E-state index is -0.495. The molecule has 1 amide bonds. The van der Waals surface area contributed by atoms with E-state index in [-0.39, 0.29) is 5.91 Å². The van der Waals surface area contributed by atoms with Gasteiger partial charge in [-0.1, -0.05) is 30.7 Å². The van der Waals surface area contributed by atoms with E-state index in [1.54, 1.807) is 30.5 Å². The second kappa shape index (κ2) is 10.3. The largest absolute Gasteiger partial charge is 0.465 e. The van der Waals surface area contributed by atoms with Gasteiger partial charge < -0.3 is 10.1 Å². The number of nitrogens with one attached hydrogen (secondary N) is 1. The molecule has 1 aliphatic rings. The molecule has 1 N–H and O–H groups in total. The number of thiophene rings is 1. The SMILES string of the molecule is COC(=O)c1sc2nc(CN3CCCCC3c3cccnc3)ccc2c1NC(=O)c1ccccc1. The highest BCUT2D eigenvalue weighted by Crippen LogP contribution is 2.37. The molecule has 7 nitrogen and oxygen atoms in total. The molecular formula is C27H26N4O3S. The number of anilines is 1. The van der Waals surface area contributed by atoms with Crippen LogP contribution in [-0.4, -0.2) is 40.4 Å². The summed E-state index contributed by atoms with van der Waals surface area (Å²) >= 11 is 1.24. The number of esters is 1. The van der Waals surface area contributed by atoms with E-state index in [1.807, 2.05) is 30.5 Å². The van der Waals surface area contributed by atoms with Gasteiger partial charge in [-0.05, 0) is 55.3 Å². The van der Waals surface area contributed by atoms with Crippen molar-refractivity contribution in [1.29, 1.82) is 0 Å². The maximum Gasteiger partial charge on any atom is 0.350 e. The molecule has 35 heavy (non-hydrogen) atoms. The van der Waals surface area contributed by atoms with Crippen molar-refractivity contribution in [3.8, 4) is 0 Å². The molecule has 1 aromatic carbocycles. The van der Waals surface area contributed by atoms with E-state index in [1.165, 1.54) is 30.4 Å². The maximum absolute atomic E-state index is 12.8. The minimum Gasteiger partial charge on any atom is -0.465 e. The number of fused-ring (bicyclic) bond motifs is 1. The molecule has 5 rings (SSSR count). The first-order valence-corrected chi connectivity index (χ1v) is 12.5. The van der Waals surface area contributed by atoms with Crippen LogP contribution in [0.3, 0.4) is 0 Å². The third-order valence-corrected chi connectivity index (χ3v) is 7.39. The summed E-state index contributed by atoms with van der Waals surface area (Å²) in [6, 6.07) is 17.3. The van der Waals surface area contributed by atoms with Gasteiger partial charge in [0.1, 0.15) is 9.71 Å². The molecule has 0 saturated carbocycles. The van der Waals surface area contributed by atoms with E-state index in [9.17, 15) is 9.59 Å². The van der Waals surface area contributed by atoms with Crippen molar-refractivity contribution in [2.24, 2.45) is 0 Å². The van der Waals surface area contributed by atoms with Crippen LogP contribution in [0.15, 0.2) is 67.0 Å². The van der Waals surface area contributed by atoms with E-state index in [4.69, 9.17) is 9.72 Å². The van der Waals surface area contributed by atoms with E-state index < -0.39 is 5.97 Å². The number of benzene rings is 1. The van der Waals surface area contributed by atoms with Crippen molar-refractivity contribution in [2.75, 3.05) is 19.0 Å². The average molecular weight is 487 g/mol. The summed E-state index contributed by atoms with van der Waals surface area (Å²) in [6.45, 7) is 1.70. The Labute approximate surface area is 207 Å². The van der Waals surface area contributed by atoms with Gasteiger partial charge in [-0.25, -0.2) is 9.78 Å². The maximum atomic E-state index is 12.8. The first kappa shape index (κ1) is 23.1. The van der Waals surface area contributed by atoms with Crippen molar-refractivity contribution in [3.05, 3.63) is 88.7 Å². The summed E-state index contributed by atoms with van der Waals surface area (Å²) in [5.41, 5.74) is 3.10. The van der Waals surface area contributed by atoms with Gasteiger partial charge in [0.2, 0.25) is 0 Å². The second-order valence-corrected chi connectivity index (χ2v) is 9.54. The Morgan fingerprint density at radius 3 is 2.74 bits per heavy atom. The second-order valence-electron chi connectivity index (χ2n) is 8.54. The predicted octanol–water partition coefficient (Wildman–Crippen LogP) is 5.46. The highest BCUT2D eigenvalue weighted by atomic mass is 32.1. The molecule has 0 radical (unpaired) electrons. The van der Waals surface area contributed by atoms with Gasteiger partial charge in [-0.2, -0.15) is 0 Å². The van der Waals surface area contributed by atoms with Crippen LogP contribution in [-0.2, 0) is 11.3 Å². The zero-order chi connectivity index (χ0) is 24.2. The molecule has 3 aromatic heterocycles. The first-order chi connectivity index (χ1) is 17.1. The number of likely N-dealkylation sites (tertiary alicyclic amines) is 1. The molecule has 1 aliphatic heterocycles. The van der Waals surface area contributed by atoms with Crippen molar-refractivity contribution in [3.63, 3.8) is 0 Å². The third-order valence-electron chi connectivity index (χ3n) is 6.31. The van der Waals surface area contributed by atoms with Crippen molar-refractivity contribution in [1.82, 2.24) is 14.9 Å². The number of ether oxygens (including phenoxy) is 1. The molecular weight excluding hydrogens is 460 g/mol. The normalized spacial score (nSPS) is 16.2. The number of aromatic nitrogens is 2. The van der Waals surface area contributed by atoms with Crippen LogP contribution in [0.1, 0.15) is 56.6 Å².